The van der Waals surface area contributed by atoms with E-state index in [1.807, 2.05) is 0 Å². The summed E-state index contributed by atoms with van der Waals surface area (Å²) in [4.78, 5) is 34.4. The van der Waals surface area contributed by atoms with Crippen molar-refractivity contribution in [2.24, 2.45) is 0 Å². The van der Waals surface area contributed by atoms with Gasteiger partial charge in [-0.15, -0.1) is 0 Å². The van der Waals surface area contributed by atoms with E-state index in [0.717, 1.165) is 6.42 Å². The predicted molar refractivity (Wildman–Crippen MR) is 70.6 cm³/mol. The minimum Gasteiger partial charge on any atom is -0.472 e. The van der Waals surface area contributed by atoms with Gasteiger partial charge in [0, 0.05) is 25.2 Å². The summed E-state index contributed by atoms with van der Waals surface area (Å²) in [7, 11) is 0. The van der Waals surface area contributed by atoms with Crippen LogP contribution in [0.25, 0.3) is 0 Å². The highest BCUT2D eigenvalue weighted by Gasteiger charge is 2.31. The molecule has 0 aromatic carbocycles. The Morgan fingerprint density at radius 1 is 1.48 bits per heavy atom. The predicted octanol–water partition coefficient (Wildman–Crippen LogP) is -0.0915. The van der Waals surface area contributed by atoms with Crippen molar-refractivity contribution in [1.29, 1.82) is 0 Å². The molecule has 1 aromatic heterocycles. The topological polar surface area (TPSA) is 84.9 Å². The second-order valence-corrected chi connectivity index (χ2v) is 4.95. The summed E-state index contributed by atoms with van der Waals surface area (Å²) >= 11 is 0. The molecule has 0 spiro atoms. The zero-order valence-electron chi connectivity index (χ0n) is 11.5. The fourth-order valence-corrected chi connectivity index (χ4v) is 2.40. The van der Waals surface area contributed by atoms with Crippen molar-refractivity contribution in [2.75, 3.05) is 32.8 Å². The molecule has 2 aliphatic heterocycles. The smallest absolute Gasteiger partial charge is 0.410 e. The van der Waals surface area contributed by atoms with E-state index < -0.39 is 6.09 Å². The van der Waals surface area contributed by atoms with E-state index in [1.165, 1.54) is 11.2 Å². The van der Waals surface area contributed by atoms with E-state index in [1.54, 1.807) is 17.2 Å². The highest BCUT2D eigenvalue weighted by Crippen LogP contribution is 2.16. The first kappa shape index (κ1) is 13.6. The van der Waals surface area contributed by atoms with Crippen LogP contribution >= 0.6 is 0 Å². The minimum absolute atomic E-state index is 0.0685. The molecule has 0 radical (unpaired) electrons. The van der Waals surface area contributed by atoms with E-state index >= 15 is 0 Å². The first-order chi connectivity index (χ1) is 10.2. The number of nitrogens with zero attached hydrogens (tertiary/aromatic N) is 4. The summed E-state index contributed by atoms with van der Waals surface area (Å²) in [6.07, 6.45) is 3.29. The molecule has 2 aliphatic rings. The molecule has 2 amide bonds. The normalized spacial score (nSPS) is 21.5. The molecule has 3 heterocycles. The molecule has 0 unspecified atom stereocenters. The summed E-state index contributed by atoms with van der Waals surface area (Å²) in [5, 5.41) is 0. The fraction of sp³-hybridized carbons (Fsp3) is 0.538. The lowest BCUT2D eigenvalue weighted by Gasteiger charge is -2.19. The van der Waals surface area contributed by atoms with Crippen LogP contribution in [0, 0.1) is 0 Å². The number of hydrogen-bond acceptors (Lipinski definition) is 6. The van der Waals surface area contributed by atoms with Crippen LogP contribution in [0.15, 0.2) is 18.6 Å². The number of hydrogen-bond donors (Lipinski definition) is 0. The van der Waals surface area contributed by atoms with Crippen molar-refractivity contribution in [1.82, 2.24) is 19.8 Å². The highest BCUT2D eigenvalue weighted by molar-refractivity contribution is 5.83. The summed E-state index contributed by atoms with van der Waals surface area (Å²) < 4.78 is 10.5. The lowest BCUT2D eigenvalue weighted by molar-refractivity contribution is -0.130. The Bertz CT molecular complexity index is 524. The van der Waals surface area contributed by atoms with Gasteiger partial charge >= 0.3 is 6.09 Å². The largest absolute Gasteiger partial charge is 0.472 e. The summed E-state index contributed by atoms with van der Waals surface area (Å²) in [5.41, 5.74) is 0. The van der Waals surface area contributed by atoms with Gasteiger partial charge in [-0.05, 0) is 0 Å². The molecule has 0 saturated carbocycles. The van der Waals surface area contributed by atoms with Gasteiger partial charge < -0.3 is 14.4 Å². The van der Waals surface area contributed by atoms with Crippen LogP contribution in [0.4, 0.5) is 4.79 Å². The molecule has 112 valence electrons. The van der Waals surface area contributed by atoms with E-state index in [4.69, 9.17) is 9.47 Å². The molecule has 8 heteroatoms. The second-order valence-electron chi connectivity index (χ2n) is 4.95. The maximum Gasteiger partial charge on any atom is 0.410 e. The van der Waals surface area contributed by atoms with Crippen LogP contribution in [0.1, 0.15) is 6.42 Å². The lowest BCUT2D eigenvalue weighted by Crippen LogP contribution is -2.40. The van der Waals surface area contributed by atoms with Gasteiger partial charge in [0.15, 0.2) is 0 Å². The Morgan fingerprint density at radius 3 is 3.10 bits per heavy atom. The van der Waals surface area contributed by atoms with Crippen molar-refractivity contribution in [3.63, 3.8) is 0 Å². The Labute approximate surface area is 121 Å². The average molecular weight is 292 g/mol. The maximum absolute atomic E-state index is 12.1. The number of ether oxygens (including phenoxy) is 2. The summed E-state index contributed by atoms with van der Waals surface area (Å²) in [6, 6.07) is 1.69. The zero-order chi connectivity index (χ0) is 14.7. The number of cyclic esters (lactones) is 1. The third-order valence-corrected chi connectivity index (χ3v) is 3.51. The zero-order valence-corrected chi connectivity index (χ0v) is 11.5. The number of rotatable bonds is 4. The molecule has 0 N–H and O–H groups in total. The Morgan fingerprint density at radius 2 is 2.38 bits per heavy atom. The number of aromatic nitrogens is 2. The van der Waals surface area contributed by atoms with Crippen LogP contribution in [-0.4, -0.2) is 70.7 Å². The summed E-state index contributed by atoms with van der Waals surface area (Å²) in [5.74, 6) is 0.426. The molecule has 0 bridgehead atoms. The van der Waals surface area contributed by atoms with E-state index in [9.17, 15) is 9.59 Å². The average Bonchev–Trinajstić information content (AvgIpc) is 3.10. The molecule has 1 aromatic rings. The van der Waals surface area contributed by atoms with Gasteiger partial charge in [-0.2, -0.15) is 0 Å². The Hall–Kier alpha value is -2.38. The third-order valence-electron chi connectivity index (χ3n) is 3.51. The Balaban J connectivity index is 1.50. The van der Waals surface area contributed by atoms with Crippen LogP contribution in [0.2, 0.25) is 0 Å². The first-order valence-corrected chi connectivity index (χ1v) is 6.84. The first-order valence-electron chi connectivity index (χ1n) is 6.84. The van der Waals surface area contributed by atoms with Crippen molar-refractivity contribution in [3.05, 3.63) is 18.6 Å². The van der Waals surface area contributed by atoms with Gasteiger partial charge in [0.05, 0.1) is 13.1 Å². The number of amides is 2. The van der Waals surface area contributed by atoms with Crippen LogP contribution < -0.4 is 4.74 Å². The van der Waals surface area contributed by atoms with Gasteiger partial charge in [0.2, 0.25) is 11.8 Å². The van der Waals surface area contributed by atoms with Crippen molar-refractivity contribution < 1.29 is 19.1 Å². The standard InChI is InChI=1S/C13H16N4O4/c18-12(8-17-5-6-20-13(17)19)16-4-2-10(7-16)21-11-1-3-14-9-15-11/h1,3,9-10H,2,4-8H2/t10-/m1/s1. The Kier molecular flexibility index (Phi) is 3.85. The SMILES string of the molecule is O=C(CN1CCOC1=O)N1CC[C@@H](Oc2ccncn2)C1. The molecular weight excluding hydrogens is 276 g/mol. The molecule has 3 rings (SSSR count). The van der Waals surface area contributed by atoms with Crippen LogP contribution in [0.5, 0.6) is 5.88 Å². The van der Waals surface area contributed by atoms with E-state index in [0.29, 0.717) is 32.1 Å². The molecule has 1 atom stereocenters. The van der Waals surface area contributed by atoms with Crippen LogP contribution in [0.3, 0.4) is 0 Å². The number of carbonyl (C=O) groups is 2. The van der Waals surface area contributed by atoms with Gasteiger partial charge in [-0.3, -0.25) is 9.69 Å². The van der Waals surface area contributed by atoms with Crippen molar-refractivity contribution >= 4 is 12.0 Å². The molecule has 21 heavy (non-hydrogen) atoms. The van der Waals surface area contributed by atoms with Crippen LogP contribution in [-0.2, 0) is 9.53 Å². The fourth-order valence-electron chi connectivity index (χ4n) is 2.40. The van der Waals surface area contributed by atoms with E-state index in [2.05, 4.69) is 9.97 Å². The summed E-state index contributed by atoms with van der Waals surface area (Å²) in [6.45, 7) is 2.02. The van der Waals surface area contributed by atoms with E-state index in [-0.39, 0.29) is 18.6 Å². The highest BCUT2D eigenvalue weighted by atomic mass is 16.6. The van der Waals surface area contributed by atoms with Gasteiger partial charge in [-0.1, -0.05) is 0 Å². The molecule has 2 saturated heterocycles. The van der Waals surface area contributed by atoms with Crippen molar-refractivity contribution in [3.8, 4) is 5.88 Å². The minimum atomic E-state index is -0.420. The third kappa shape index (κ3) is 3.21. The molecule has 8 nitrogen and oxygen atoms in total. The maximum atomic E-state index is 12.1. The monoisotopic (exact) mass is 292 g/mol. The molecular formula is C13H16N4O4. The number of likely N-dealkylation sites (tertiary alicyclic amines) is 1. The van der Waals surface area contributed by atoms with Gasteiger partial charge in [-0.25, -0.2) is 14.8 Å². The molecule has 0 aliphatic carbocycles. The molecule has 2 fully saturated rings. The van der Waals surface area contributed by atoms with Gasteiger partial charge in [0.1, 0.15) is 25.6 Å². The number of carbonyl (C=O) groups excluding carboxylic acids is 2. The quantitative estimate of drug-likeness (QED) is 0.771. The second kappa shape index (κ2) is 5.94. The van der Waals surface area contributed by atoms with Gasteiger partial charge in [0.25, 0.3) is 0 Å². The van der Waals surface area contributed by atoms with Crippen molar-refractivity contribution in [2.45, 2.75) is 12.5 Å². The lowest BCUT2D eigenvalue weighted by atomic mass is 10.3.